The average molecular weight is 453 g/mol. The van der Waals surface area contributed by atoms with Gasteiger partial charge >= 0.3 is 0 Å². The van der Waals surface area contributed by atoms with Gasteiger partial charge < -0.3 is 10.6 Å². The van der Waals surface area contributed by atoms with Crippen molar-refractivity contribution in [1.29, 1.82) is 0 Å². The molecular weight excluding hydrogens is 424 g/mol. The van der Waals surface area contributed by atoms with E-state index in [4.69, 9.17) is 0 Å². The molecule has 0 spiro atoms. The van der Waals surface area contributed by atoms with Crippen LogP contribution in [-0.4, -0.2) is 29.9 Å². The van der Waals surface area contributed by atoms with Crippen molar-refractivity contribution in [3.05, 3.63) is 81.9 Å². The third kappa shape index (κ3) is 5.78. The van der Waals surface area contributed by atoms with Gasteiger partial charge in [-0.15, -0.1) is 0 Å². The van der Waals surface area contributed by atoms with Crippen LogP contribution in [0.3, 0.4) is 0 Å². The summed E-state index contributed by atoms with van der Waals surface area (Å²) in [4.78, 5) is 25.8. The van der Waals surface area contributed by atoms with Crippen LogP contribution in [0.4, 0.5) is 23.3 Å². The smallest absolute Gasteiger partial charge is 0.230 e. The van der Waals surface area contributed by atoms with Crippen molar-refractivity contribution in [3.8, 4) is 0 Å². The van der Waals surface area contributed by atoms with Crippen molar-refractivity contribution in [2.45, 2.75) is 41.5 Å². The Labute approximate surface area is 199 Å². The van der Waals surface area contributed by atoms with Crippen LogP contribution >= 0.6 is 0 Å². The molecule has 0 saturated carbocycles. The van der Waals surface area contributed by atoms with Crippen LogP contribution in [0, 0.1) is 41.5 Å². The van der Waals surface area contributed by atoms with Gasteiger partial charge in [-0.05, 0) is 88.1 Å². The zero-order valence-electron chi connectivity index (χ0n) is 20.3. The first-order valence-electron chi connectivity index (χ1n) is 11.1. The summed E-state index contributed by atoms with van der Waals surface area (Å²) < 4.78 is 0. The number of aromatic nitrogens is 6. The molecule has 4 aromatic rings. The van der Waals surface area contributed by atoms with E-state index in [1.807, 2.05) is 39.8 Å². The van der Waals surface area contributed by atoms with Crippen molar-refractivity contribution >= 4 is 35.4 Å². The first-order chi connectivity index (χ1) is 16.2. The molecule has 4 rings (SSSR count). The molecule has 34 heavy (non-hydrogen) atoms. The van der Waals surface area contributed by atoms with Crippen molar-refractivity contribution in [2.75, 3.05) is 10.6 Å². The Morgan fingerprint density at radius 2 is 0.853 bits per heavy atom. The van der Waals surface area contributed by atoms with Crippen LogP contribution in [0.1, 0.15) is 45.6 Å². The van der Waals surface area contributed by atoms with Gasteiger partial charge in [-0.1, -0.05) is 24.3 Å². The molecule has 0 aliphatic rings. The summed E-state index contributed by atoms with van der Waals surface area (Å²) in [5.74, 6) is 3.89. The molecule has 0 saturated heterocycles. The van der Waals surface area contributed by atoms with Gasteiger partial charge in [0.05, 0.1) is 0 Å². The van der Waals surface area contributed by atoms with Crippen LogP contribution in [0.15, 0.2) is 36.4 Å². The predicted octanol–water partition coefficient (Wildman–Crippen LogP) is 5.56. The van der Waals surface area contributed by atoms with Crippen LogP contribution in [0.5, 0.6) is 0 Å². The maximum Gasteiger partial charge on any atom is 0.230 e. The highest BCUT2D eigenvalue weighted by Crippen LogP contribution is 2.23. The van der Waals surface area contributed by atoms with Gasteiger partial charge in [0.1, 0.15) is 23.3 Å². The number of anilines is 4. The summed E-state index contributed by atoms with van der Waals surface area (Å²) in [6, 6.07) is 12.4. The minimum atomic E-state index is 0.555. The van der Waals surface area contributed by atoms with E-state index in [2.05, 4.69) is 90.8 Å². The van der Waals surface area contributed by atoms with Crippen molar-refractivity contribution in [3.63, 3.8) is 0 Å². The fraction of sp³-hybridized carbons (Fsp3) is 0.231. The molecule has 0 atom stereocenters. The molecule has 2 N–H and O–H groups in total. The highest BCUT2D eigenvalue weighted by atomic mass is 15.2. The normalized spacial score (nSPS) is 11.1. The minimum Gasteiger partial charge on any atom is -0.324 e. The third-order valence-electron chi connectivity index (χ3n) is 5.21. The summed E-state index contributed by atoms with van der Waals surface area (Å²) in [7, 11) is 0. The molecule has 0 aliphatic heterocycles. The molecule has 8 heteroatoms. The Morgan fingerprint density at radius 3 is 1.18 bits per heavy atom. The lowest BCUT2D eigenvalue weighted by atomic mass is 10.0. The molecule has 2 aromatic carbocycles. The molecule has 8 nitrogen and oxygen atoms in total. The van der Waals surface area contributed by atoms with Gasteiger partial charge in [-0.3, -0.25) is 0 Å². The maximum atomic E-state index is 4.35. The van der Waals surface area contributed by atoms with Gasteiger partial charge in [0.25, 0.3) is 0 Å². The van der Waals surface area contributed by atoms with E-state index in [1.165, 1.54) is 0 Å². The molecule has 0 bridgehead atoms. The number of aryl methyl sites for hydroxylation is 6. The quantitative estimate of drug-likeness (QED) is 0.366. The second-order valence-corrected chi connectivity index (χ2v) is 8.23. The fourth-order valence-corrected chi connectivity index (χ4v) is 3.66. The molecule has 0 amide bonds. The van der Waals surface area contributed by atoms with E-state index in [-0.39, 0.29) is 0 Å². The molecular formula is C26H28N8. The number of nitrogens with zero attached hydrogens (tertiary/aromatic N) is 6. The van der Waals surface area contributed by atoms with Gasteiger partial charge in [0, 0.05) is 11.4 Å². The Morgan fingerprint density at radius 1 is 0.500 bits per heavy atom. The average Bonchev–Trinajstić information content (AvgIpc) is 2.73. The number of benzene rings is 2. The summed E-state index contributed by atoms with van der Waals surface area (Å²) in [5, 5.41) is 6.52. The van der Waals surface area contributed by atoms with Crippen LogP contribution in [-0.2, 0) is 0 Å². The SMILES string of the molecule is Cc1nc(C)nc(Nc2ccc(/C=C/c3ccc(Nc4nc(C)nc(C)n4)cc3C)c(C)c2)n1. The van der Waals surface area contributed by atoms with E-state index in [1.54, 1.807) is 0 Å². The van der Waals surface area contributed by atoms with Crippen LogP contribution < -0.4 is 10.6 Å². The monoisotopic (exact) mass is 452 g/mol. The van der Waals surface area contributed by atoms with E-state index < -0.39 is 0 Å². The molecule has 2 aromatic heterocycles. The summed E-state index contributed by atoms with van der Waals surface area (Å²) >= 11 is 0. The van der Waals surface area contributed by atoms with Gasteiger partial charge in [-0.25, -0.2) is 9.97 Å². The molecule has 0 unspecified atom stereocenters. The largest absolute Gasteiger partial charge is 0.324 e. The molecule has 0 aliphatic carbocycles. The lowest BCUT2D eigenvalue weighted by Crippen LogP contribution is -2.03. The lowest BCUT2D eigenvalue weighted by Gasteiger charge is -2.10. The molecule has 0 fully saturated rings. The number of rotatable bonds is 6. The number of hydrogen-bond acceptors (Lipinski definition) is 8. The summed E-state index contributed by atoms with van der Waals surface area (Å²) in [6.45, 7) is 11.6. The summed E-state index contributed by atoms with van der Waals surface area (Å²) in [6.07, 6.45) is 4.26. The highest BCUT2D eigenvalue weighted by molar-refractivity contribution is 5.75. The zero-order chi connectivity index (χ0) is 24.2. The van der Waals surface area contributed by atoms with Crippen molar-refractivity contribution in [2.24, 2.45) is 0 Å². The number of nitrogens with one attached hydrogen (secondary N) is 2. The standard InChI is InChI=1S/C26H28N8/c1-15-13-23(33-25-29-17(3)27-18(4)30-25)11-9-21(15)7-8-22-10-12-24(14-16(22)2)34-26-31-19(5)28-20(6)32-26/h7-14H,1-6H3,(H,27,29,30,33)(H,28,31,32,34)/b8-7+. The second kappa shape index (κ2) is 9.74. The Hall–Kier alpha value is -4.20. The second-order valence-electron chi connectivity index (χ2n) is 8.23. The zero-order valence-corrected chi connectivity index (χ0v) is 20.3. The Kier molecular flexibility index (Phi) is 6.58. The Bertz CT molecular complexity index is 1230. The topological polar surface area (TPSA) is 101 Å². The molecule has 0 radical (unpaired) electrons. The first kappa shape index (κ1) is 23.0. The molecule has 172 valence electrons. The summed E-state index contributed by atoms with van der Waals surface area (Å²) in [5.41, 5.74) is 6.48. The third-order valence-corrected chi connectivity index (χ3v) is 5.21. The Balaban J connectivity index is 1.47. The van der Waals surface area contributed by atoms with Gasteiger partial charge in [0.15, 0.2) is 0 Å². The van der Waals surface area contributed by atoms with E-state index >= 15 is 0 Å². The van der Waals surface area contributed by atoms with Gasteiger partial charge in [-0.2, -0.15) is 19.9 Å². The first-order valence-corrected chi connectivity index (χ1v) is 11.1. The van der Waals surface area contributed by atoms with Crippen molar-refractivity contribution in [1.82, 2.24) is 29.9 Å². The number of hydrogen-bond donors (Lipinski definition) is 2. The fourth-order valence-electron chi connectivity index (χ4n) is 3.66. The van der Waals surface area contributed by atoms with Crippen molar-refractivity contribution < 1.29 is 0 Å². The maximum absolute atomic E-state index is 4.35. The molecule has 2 heterocycles. The minimum absolute atomic E-state index is 0.555. The highest BCUT2D eigenvalue weighted by Gasteiger charge is 2.05. The van der Waals surface area contributed by atoms with Crippen LogP contribution in [0.25, 0.3) is 12.2 Å². The predicted molar refractivity (Wildman–Crippen MR) is 136 cm³/mol. The van der Waals surface area contributed by atoms with Gasteiger partial charge in [0.2, 0.25) is 11.9 Å². The van der Waals surface area contributed by atoms with E-state index in [9.17, 15) is 0 Å². The lowest BCUT2D eigenvalue weighted by molar-refractivity contribution is 0.927. The van der Waals surface area contributed by atoms with Crippen LogP contribution in [0.2, 0.25) is 0 Å². The van der Waals surface area contributed by atoms with E-state index in [0.717, 1.165) is 33.6 Å². The van der Waals surface area contributed by atoms with E-state index in [0.29, 0.717) is 35.2 Å².